The van der Waals surface area contributed by atoms with E-state index in [1.54, 1.807) is 14.0 Å². The van der Waals surface area contributed by atoms with E-state index < -0.39 is 6.10 Å². The van der Waals surface area contributed by atoms with Gasteiger partial charge in [0.15, 0.2) is 0 Å². The van der Waals surface area contributed by atoms with Crippen LogP contribution in [0.25, 0.3) is 0 Å². The maximum absolute atomic E-state index is 9.25. The van der Waals surface area contributed by atoms with Crippen molar-refractivity contribution >= 4 is 0 Å². The zero-order valence-corrected chi connectivity index (χ0v) is 13.7. The van der Waals surface area contributed by atoms with Crippen LogP contribution in [0, 0.1) is 0 Å². The van der Waals surface area contributed by atoms with Gasteiger partial charge in [-0.15, -0.1) is 0 Å². The van der Waals surface area contributed by atoms with Gasteiger partial charge < -0.3 is 14.6 Å². The number of benzene rings is 2. The van der Waals surface area contributed by atoms with E-state index in [2.05, 4.69) is 38.1 Å². The summed E-state index contributed by atoms with van der Waals surface area (Å²) in [6.45, 7) is 6.41. The molecule has 1 unspecified atom stereocenters. The third-order valence-corrected chi connectivity index (χ3v) is 3.88. The van der Waals surface area contributed by atoms with Crippen LogP contribution in [0.2, 0.25) is 0 Å². The number of aliphatic hydroxyl groups excluding tert-OH is 1. The van der Waals surface area contributed by atoms with Crippen LogP contribution < -0.4 is 9.47 Å². The smallest absolute Gasteiger partial charge is 0.119 e. The van der Waals surface area contributed by atoms with Crippen LogP contribution in [0.4, 0.5) is 0 Å². The zero-order valence-electron chi connectivity index (χ0n) is 13.7. The van der Waals surface area contributed by atoms with Gasteiger partial charge in [-0.2, -0.15) is 0 Å². The summed E-state index contributed by atoms with van der Waals surface area (Å²) in [4.78, 5) is 0. The lowest BCUT2D eigenvalue weighted by atomic mass is 9.78. The molecule has 0 radical (unpaired) electrons. The summed E-state index contributed by atoms with van der Waals surface area (Å²) in [5.74, 6) is 1.64. The molecule has 1 atom stereocenters. The molecule has 2 aromatic rings. The van der Waals surface area contributed by atoms with E-state index in [4.69, 9.17) is 9.47 Å². The minimum atomic E-state index is -0.463. The molecule has 3 heteroatoms. The first kappa shape index (κ1) is 16.4. The van der Waals surface area contributed by atoms with Crippen molar-refractivity contribution in [3.8, 4) is 11.5 Å². The second-order valence-corrected chi connectivity index (χ2v) is 6.04. The van der Waals surface area contributed by atoms with Crippen molar-refractivity contribution in [3.63, 3.8) is 0 Å². The number of rotatable bonds is 6. The molecule has 0 saturated carbocycles. The van der Waals surface area contributed by atoms with Gasteiger partial charge in [0.25, 0.3) is 0 Å². The molecule has 0 heterocycles. The lowest BCUT2D eigenvalue weighted by Gasteiger charge is -2.26. The zero-order chi connectivity index (χ0) is 16.2. The summed E-state index contributed by atoms with van der Waals surface area (Å²) in [6, 6.07) is 16.2. The normalized spacial score (nSPS) is 12.8. The molecule has 22 heavy (non-hydrogen) atoms. The first-order valence-corrected chi connectivity index (χ1v) is 7.49. The summed E-state index contributed by atoms with van der Waals surface area (Å²) in [5.41, 5.74) is 2.34. The predicted octanol–water partition coefficient (Wildman–Crippen LogP) is 3.78. The van der Waals surface area contributed by atoms with Crippen molar-refractivity contribution in [2.45, 2.75) is 32.3 Å². The SMILES string of the molecule is COc1ccc(C(C)(C)c2ccc(OCC(C)O)cc2)cc1. The highest BCUT2D eigenvalue weighted by Gasteiger charge is 2.23. The first-order chi connectivity index (χ1) is 10.4. The second-order valence-electron chi connectivity index (χ2n) is 6.04. The Bertz CT molecular complexity index is 583. The molecule has 0 saturated heterocycles. The van der Waals surface area contributed by atoms with Gasteiger partial charge in [-0.1, -0.05) is 38.1 Å². The summed E-state index contributed by atoms with van der Waals surface area (Å²) in [6.07, 6.45) is -0.463. The third kappa shape index (κ3) is 3.80. The van der Waals surface area contributed by atoms with Gasteiger partial charge in [0.2, 0.25) is 0 Å². The molecule has 0 amide bonds. The highest BCUT2D eigenvalue weighted by atomic mass is 16.5. The highest BCUT2D eigenvalue weighted by molar-refractivity contribution is 5.41. The largest absolute Gasteiger partial charge is 0.497 e. The molecule has 2 aromatic carbocycles. The van der Waals surface area contributed by atoms with Gasteiger partial charge in [0, 0.05) is 5.41 Å². The van der Waals surface area contributed by atoms with Gasteiger partial charge in [-0.05, 0) is 42.3 Å². The van der Waals surface area contributed by atoms with Crippen molar-refractivity contribution < 1.29 is 14.6 Å². The van der Waals surface area contributed by atoms with E-state index in [0.29, 0.717) is 6.61 Å². The fraction of sp³-hybridized carbons (Fsp3) is 0.368. The molecule has 0 aliphatic heterocycles. The monoisotopic (exact) mass is 300 g/mol. The van der Waals surface area contributed by atoms with Crippen LogP contribution in [0.3, 0.4) is 0 Å². The van der Waals surface area contributed by atoms with E-state index in [1.807, 2.05) is 24.3 Å². The molecule has 2 rings (SSSR count). The number of aliphatic hydroxyl groups is 1. The van der Waals surface area contributed by atoms with Crippen molar-refractivity contribution in [3.05, 3.63) is 59.7 Å². The van der Waals surface area contributed by atoms with Crippen LogP contribution in [-0.2, 0) is 5.41 Å². The van der Waals surface area contributed by atoms with Crippen molar-refractivity contribution in [1.82, 2.24) is 0 Å². The molecular formula is C19H24O3. The highest BCUT2D eigenvalue weighted by Crippen LogP contribution is 2.33. The topological polar surface area (TPSA) is 38.7 Å². The molecule has 3 nitrogen and oxygen atoms in total. The lowest BCUT2D eigenvalue weighted by molar-refractivity contribution is 0.122. The summed E-state index contributed by atoms with van der Waals surface area (Å²) in [7, 11) is 1.67. The van der Waals surface area contributed by atoms with E-state index in [-0.39, 0.29) is 5.41 Å². The van der Waals surface area contributed by atoms with E-state index in [0.717, 1.165) is 11.5 Å². The van der Waals surface area contributed by atoms with Crippen molar-refractivity contribution in [2.24, 2.45) is 0 Å². The van der Waals surface area contributed by atoms with Crippen LogP contribution in [0.1, 0.15) is 31.9 Å². The Morgan fingerprint density at radius 2 is 1.36 bits per heavy atom. The van der Waals surface area contributed by atoms with E-state index in [1.165, 1.54) is 11.1 Å². The Kier molecular flexibility index (Phi) is 5.09. The number of ether oxygens (including phenoxy) is 2. The van der Waals surface area contributed by atoms with Crippen molar-refractivity contribution in [1.29, 1.82) is 0 Å². The van der Waals surface area contributed by atoms with Gasteiger partial charge in [0.1, 0.15) is 18.1 Å². The molecule has 0 aliphatic rings. The van der Waals surface area contributed by atoms with E-state index in [9.17, 15) is 5.11 Å². The third-order valence-electron chi connectivity index (χ3n) is 3.88. The Labute approximate surface area is 132 Å². The number of hydrogen-bond acceptors (Lipinski definition) is 3. The maximum atomic E-state index is 9.25. The van der Waals surface area contributed by atoms with E-state index >= 15 is 0 Å². The Hall–Kier alpha value is -2.00. The standard InChI is InChI=1S/C19H24O3/c1-14(20)13-22-18-11-7-16(8-12-18)19(2,3)15-5-9-17(21-4)10-6-15/h5-12,14,20H,13H2,1-4H3. The van der Waals surface area contributed by atoms with Crippen LogP contribution >= 0.6 is 0 Å². The van der Waals surface area contributed by atoms with Crippen LogP contribution in [-0.4, -0.2) is 24.9 Å². The maximum Gasteiger partial charge on any atom is 0.119 e. The number of methoxy groups -OCH3 is 1. The van der Waals surface area contributed by atoms with Gasteiger partial charge in [-0.3, -0.25) is 0 Å². The average Bonchev–Trinajstić information content (AvgIpc) is 2.53. The molecule has 0 aromatic heterocycles. The molecule has 0 spiro atoms. The minimum absolute atomic E-state index is 0.102. The molecule has 1 N–H and O–H groups in total. The molecule has 118 valence electrons. The Morgan fingerprint density at radius 1 is 0.909 bits per heavy atom. The molecule has 0 fully saturated rings. The van der Waals surface area contributed by atoms with Crippen LogP contribution in [0.5, 0.6) is 11.5 Å². The van der Waals surface area contributed by atoms with Crippen molar-refractivity contribution in [2.75, 3.05) is 13.7 Å². The Balaban J connectivity index is 2.17. The lowest BCUT2D eigenvalue weighted by Crippen LogP contribution is -2.19. The Morgan fingerprint density at radius 3 is 1.77 bits per heavy atom. The van der Waals surface area contributed by atoms with Crippen LogP contribution in [0.15, 0.2) is 48.5 Å². The van der Waals surface area contributed by atoms with Gasteiger partial charge in [0.05, 0.1) is 13.2 Å². The second kappa shape index (κ2) is 6.84. The summed E-state index contributed by atoms with van der Waals surface area (Å²) < 4.78 is 10.7. The average molecular weight is 300 g/mol. The minimum Gasteiger partial charge on any atom is -0.497 e. The fourth-order valence-electron chi connectivity index (χ4n) is 2.36. The predicted molar refractivity (Wildman–Crippen MR) is 88.7 cm³/mol. The fourth-order valence-corrected chi connectivity index (χ4v) is 2.36. The molecule has 0 aliphatic carbocycles. The molecule has 0 bridgehead atoms. The summed E-state index contributed by atoms with van der Waals surface area (Å²) in [5, 5.41) is 9.25. The summed E-state index contributed by atoms with van der Waals surface area (Å²) >= 11 is 0. The first-order valence-electron chi connectivity index (χ1n) is 7.49. The van der Waals surface area contributed by atoms with Gasteiger partial charge >= 0.3 is 0 Å². The molecular weight excluding hydrogens is 276 g/mol. The number of hydrogen-bond donors (Lipinski definition) is 1. The quantitative estimate of drug-likeness (QED) is 0.882. The van der Waals surface area contributed by atoms with Gasteiger partial charge in [-0.25, -0.2) is 0 Å².